The first kappa shape index (κ1) is 14.9. The summed E-state index contributed by atoms with van der Waals surface area (Å²) >= 11 is 1.52. The summed E-state index contributed by atoms with van der Waals surface area (Å²) in [6.45, 7) is 4.06. The number of hydrogen-bond donors (Lipinski definition) is 0. The Balaban J connectivity index is 2.03. The van der Waals surface area contributed by atoms with Crippen LogP contribution < -0.4 is 9.47 Å². The van der Waals surface area contributed by atoms with Crippen molar-refractivity contribution in [3.63, 3.8) is 0 Å². The molecule has 4 heteroatoms. The number of carbonyl (C=O) groups excluding carboxylic acids is 1. The monoisotopic (exact) mass is 314 g/mol. The van der Waals surface area contributed by atoms with Crippen LogP contribution in [0, 0.1) is 13.8 Å². The summed E-state index contributed by atoms with van der Waals surface area (Å²) < 4.78 is 10.7. The number of ether oxygens (including phenoxy) is 2. The highest BCUT2D eigenvalue weighted by atomic mass is 32.1. The smallest absolute Gasteiger partial charge is 0.189 e. The van der Waals surface area contributed by atoms with E-state index in [9.17, 15) is 4.79 Å². The van der Waals surface area contributed by atoms with E-state index >= 15 is 0 Å². The normalized spacial score (nSPS) is 15.3. The Labute approximate surface area is 134 Å². The number of carbonyl (C=O) groups is 1. The van der Waals surface area contributed by atoms with Crippen molar-refractivity contribution >= 4 is 23.2 Å². The van der Waals surface area contributed by atoms with Crippen LogP contribution in [-0.2, 0) is 6.42 Å². The van der Waals surface area contributed by atoms with Crippen molar-refractivity contribution in [3.8, 4) is 11.5 Å². The van der Waals surface area contributed by atoms with Gasteiger partial charge in [-0.15, -0.1) is 11.3 Å². The molecule has 0 fully saturated rings. The molecule has 3 rings (SSSR count). The van der Waals surface area contributed by atoms with Crippen LogP contribution in [0.4, 0.5) is 0 Å². The Morgan fingerprint density at radius 1 is 1.18 bits per heavy atom. The fourth-order valence-corrected chi connectivity index (χ4v) is 3.97. The number of aryl methyl sites for hydroxylation is 2. The maximum Gasteiger partial charge on any atom is 0.189 e. The summed E-state index contributed by atoms with van der Waals surface area (Å²) in [5.41, 5.74) is 5.04. The highest BCUT2D eigenvalue weighted by Crippen LogP contribution is 2.40. The van der Waals surface area contributed by atoms with Gasteiger partial charge in [-0.3, -0.25) is 4.79 Å². The lowest BCUT2D eigenvalue weighted by Gasteiger charge is -2.03. The second kappa shape index (κ2) is 5.61. The van der Waals surface area contributed by atoms with Crippen LogP contribution in [0.3, 0.4) is 0 Å². The fourth-order valence-electron chi connectivity index (χ4n) is 3.03. The minimum Gasteiger partial charge on any atom is -0.492 e. The maximum atomic E-state index is 12.7. The summed E-state index contributed by atoms with van der Waals surface area (Å²) in [6.07, 6.45) is 2.61. The molecule has 0 saturated carbocycles. The lowest BCUT2D eigenvalue weighted by atomic mass is 10.0. The molecular weight excluding hydrogens is 296 g/mol. The van der Waals surface area contributed by atoms with E-state index in [-0.39, 0.29) is 5.78 Å². The summed E-state index contributed by atoms with van der Waals surface area (Å²) in [6, 6.07) is 4.17. The van der Waals surface area contributed by atoms with E-state index in [1.54, 1.807) is 14.2 Å². The predicted octanol–water partition coefficient (Wildman–Crippen LogP) is 4.20. The second-order valence-corrected chi connectivity index (χ2v) is 6.40. The van der Waals surface area contributed by atoms with Crippen LogP contribution in [0.1, 0.15) is 31.9 Å². The van der Waals surface area contributed by atoms with Crippen molar-refractivity contribution in [2.45, 2.75) is 20.3 Å². The third kappa shape index (κ3) is 2.33. The van der Waals surface area contributed by atoms with Crippen molar-refractivity contribution in [2.75, 3.05) is 14.2 Å². The average Bonchev–Trinajstić information content (AvgIpc) is 3.00. The van der Waals surface area contributed by atoms with Gasteiger partial charge in [0.25, 0.3) is 0 Å². The summed E-state index contributed by atoms with van der Waals surface area (Å²) in [7, 11) is 3.23. The molecule has 0 radical (unpaired) electrons. The van der Waals surface area contributed by atoms with E-state index < -0.39 is 0 Å². The molecular formula is C18H18O3S. The number of hydrogen-bond acceptors (Lipinski definition) is 4. The van der Waals surface area contributed by atoms with E-state index in [1.165, 1.54) is 16.9 Å². The van der Waals surface area contributed by atoms with Crippen LogP contribution in [0.5, 0.6) is 11.5 Å². The molecule has 0 aliphatic heterocycles. The number of methoxy groups -OCH3 is 2. The molecule has 1 aliphatic carbocycles. The molecule has 0 atom stereocenters. The van der Waals surface area contributed by atoms with Gasteiger partial charge in [-0.05, 0) is 31.1 Å². The summed E-state index contributed by atoms with van der Waals surface area (Å²) in [5.74, 6) is 1.52. The SMILES string of the molecule is COc1csc(/C=C2\Cc3cc(C)cc(C)c3C2=O)c1OC. The zero-order chi connectivity index (χ0) is 15.9. The molecule has 1 aromatic heterocycles. The Morgan fingerprint density at radius 2 is 1.95 bits per heavy atom. The number of thiophene rings is 1. The van der Waals surface area contributed by atoms with Gasteiger partial charge in [-0.1, -0.05) is 17.7 Å². The summed E-state index contributed by atoms with van der Waals surface area (Å²) in [4.78, 5) is 13.6. The molecule has 2 aromatic rings. The van der Waals surface area contributed by atoms with Crippen molar-refractivity contribution < 1.29 is 14.3 Å². The van der Waals surface area contributed by atoms with E-state index in [4.69, 9.17) is 9.47 Å². The van der Waals surface area contributed by atoms with E-state index in [0.29, 0.717) is 17.9 Å². The van der Waals surface area contributed by atoms with Gasteiger partial charge in [0.1, 0.15) is 0 Å². The fraction of sp³-hybridized carbons (Fsp3) is 0.278. The Kier molecular flexibility index (Phi) is 3.79. The molecule has 1 aromatic carbocycles. The molecule has 114 valence electrons. The number of rotatable bonds is 3. The van der Waals surface area contributed by atoms with Crippen molar-refractivity contribution in [2.24, 2.45) is 0 Å². The van der Waals surface area contributed by atoms with Gasteiger partial charge in [-0.25, -0.2) is 0 Å². The topological polar surface area (TPSA) is 35.5 Å². The largest absolute Gasteiger partial charge is 0.492 e. The van der Waals surface area contributed by atoms with Gasteiger partial charge in [-0.2, -0.15) is 0 Å². The van der Waals surface area contributed by atoms with Gasteiger partial charge in [0.05, 0.1) is 19.1 Å². The van der Waals surface area contributed by atoms with Gasteiger partial charge >= 0.3 is 0 Å². The molecule has 3 nitrogen and oxygen atoms in total. The highest BCUT2D eigenvalue weighted by molar-refractivity contribution is 7.11. The third-order valence-electron chi connectivity index (χ3n) is 3.93. The first-order valence-corrected chi connectivity index (χ1v) is 7.98. The van der Waals surface area contributed by atoms with Crippen LogP contribution in [0.15, 0.2) is 23.1 Å². The standard InChI is InChI=1S/C18H18O3S/c1-10-5-11(2)16-12(6-10)7-13(17(16)19)8-15-18(21-4)14(20-3)9-22-15/h5-6,8-9H,7H2,1-4H3/b13-8+. The van der Waals surface area contributed by atoms with Crippen molar-refractivity contribution in [3.05, 3.63) is 50.2 Å². The van der Waals surface area contributed by atoms with Crippen LogP contribution in [0.25, 0.3) is 6.08 Å². The molecule has 0 N–H and O–H groups in total. The van der Waals surface area contributed by atoms with Crippen LogP contribution in [-0.4, -0.2) is 20.0 Å². The van der Waals surface area contributed by atoms with Crippen molar-refractivity contribution in [1.82, 2.24) is 0 Å². The van der Waals surface area contributed by atoms with Gasteiger partial charge < -0.3 is 9.47 Å². The Bertz CT molecular complexity index is 784. The second-order valence-electron chi connectivity index (χ2n) is 5.49. The number of ketones is 1. The molecule has 1 heterocycles. The number of Topliss-reactive ketones (excluding diaryl/α,β-unsaturated/α-hetero) is 1. The number of fused-ring (bicyclic) bond motifs is 1. The average molecular weight is 314 g/mol. The molecule has 0 saturated heterocycles. The lowest BCUT2D eigenvalue weighted by Crippen LogP contribution is -1.98. The molecule has 0 bridgehead atoms. The predicted molar refractivity (Wildman–Crippen MR) is 89.4 cm³/mol. The van der Waals surface area contributed by atoms with Gasteiger partial charge in [0, 0.05) is 22.9 Å². The van der Waals surface area contributed by atoms with E-state index in [0.717, 1.165) is 27.1 Å². The number of benzene rings is 1. The zero-order valence-electron chi connectivity index (χ0n) is 13.1. The molecule has 0 spiro atoms. The Hall–Kier alpha value is -2.07. The maximum absolute atomic E-state index is 12.7. The van der Waals surface area contributed by atoms with E-state index in [2.05, 4.69) is 19.1 Å². The first-order valence-electron chi connectivity index (χ1n) is 7.10. The van der Waals surface area contributed by atoms with Crippen molar-refractivity contribution in [1.29, 1.82) is 0 Å². The van der Waals surface area contributed by atoms with Crippen LogP contribution in [0.2, 0.25) is 0 Å². The van der Waals surface area contributed by atoms with Gasteiger partial charge in [0.2, 0.25) is 0 Å². The van der Waals surface area contributed by atoms with E-state index in [1.807, 2.05) is 18.4 Å². The zero-order valence-corrected chi connectivity index (χ0v) is 14.0. The quantitative estimate of drug-likeness (QED) is 0.796. The first-order chi connectivity index (χ1) is 10.5. The highest BCUT2D eigenvalue weighted by Gasteiger charge is 2.27. The third-order valence-corrected chi connectivity index (χ3v) is 4.82. The number of allylic oxidation sites excluding steroid dienone is 1. The summed E-state index contributed by atoms with van der Waals surface area (Å²) in [5, 5.41) is 1.90. The molecule has 1 aliphatic rings. The molecule has 22 heavy (non-hydrogen) atoms. The minimum atomic E-state index is 0.127. The lowest BCUT2D eigenvalue weighted by molar-refractivity contribution is 0.104. The van der Waals surface area contributed by atoms with Gasteiger partial charge in [0.15, 0.2) is 17.3 Å². The molecule has 0 amide bonds. The van der Waals surface area contributed by atoms with Crippen LogP contribution >= 0.6 is 11.3 Å². The molecule has 0 unspecified atom stereocenters. The Morgan fingerprint density at radius 3 is 2.64 bits per heavy atom. The minimum absolute atomic E-state index is 0.127.